The zero-order valence-electron chi connectivity index (χ0n) is 8.30. The molecule has 16 heavy (non-hydrogen) atoms. The van der Waals surface area contributed by atoms with Crippen molar-refractivity contribution in [2.45, 2.75) is 11.2 Å². The van der Waals surface area contributed by atoms with Crippen LogP contribution < -0.4 is 5.43 Å². The Hall–Kier alpha value is -1.56. The van der Waals surface area contributed by atoms with E-state index in [1.807, 2.05) is 6.07 Å². The number of halogens is 1. The number of thioether (sulfide) groups is 1. The standard InChI is InChI=1S/C10H9FN4S/c11-8-4-2-1-3-7(8)9-5-16-10-13-12-6-15(10)14-9/h1-4,6,9,14H,5H2. The highest BCUT2D eigenvalue weighted by molar-refractivity contribution is 7.99. The number of aromatic nitrogens is 3. The number of nitrogens with zero attached hydrogens (tertiary/aromatic N) is 3. The fourth-order valence-corrected chi connectivity index (χ4v) is 2.61. The average Bonchev–Trinajstić information content (AvgIpc) is 2.76. The quantitative estimate of drug-likeness (QED) is 0.820. The molecule has 2 heterocycles. The second-order valence-corrected chi connectivity index (χ2v) is 4.48. The minimum atomic E-state index is -0.183. The number of nitrogens with one attached hydrogen (secondary N) is 1. The second-order valence-electron chi connectivity index (χ2n) is 3.50. The Balaban J connectivity index is 1.92. The summed E-state index contributed by atoms with van der Waals surface area (Å²) in [7, 11) is 0. The molecule has 1 atom stereocenters. The summed E-state index contributed by atoms with van der Waals surface area (Å²) < 4.78 is 15.3. The van der Waals surface area contributed by atoms with Crippen molar-refractivity contribution in [1.82, 2.24) is 14.9 Å². The maximum absolute atomic E-state index is 13.6. The van der Waals surface area contributed by atoms with E-state index in [-0.39, 0.29) is 11.9 Å². The predicted molar refractivity (Wildman–Crippen MR) is 59.2 cm³/mol. The van der Waals surface area contributed by atoms with Crippen LogP contribution in [0.15, 0.2) is 35.7 Å². The van der Waals surface area contributed by atoms with Gasteiger partial charge in [-0.2, -0.15) is 0 Å². The Labute approximate surface area is 95.8 Å². The van der Waals surface area contributed by atoms with E-state index in [1.165, 1.54) is 6.07 Å². The van der Waals surface area contributed by atoms with E-state index in [4.69, 9.17) is 0 Å². The molecular formula is C10H9FN4S. The number of benzene rings is 1. The minimum absolute atomic E-state index is 0.0466. The summed E-state index contributed by atoms with van der Waals surface area (Å²) in [4.78, 5) is 0. The van der Waals surface area contributed by atoms with E-state index < -0.39 is 0 Å². The first kappa shape index (κ1) is 9.65. The fourth-order valence-electron chi connectivity index (χ4n) is 1.69. The fraction of sp³-hybridized carbons (Fsp3) is 0.200. The zero-order valence-corrected chi connectivity index (χ0v) is 9.12. The van der Waals surface area contributed by atoms with E-state index in [0.717, 1.165) is 10.9 Å². The third kappa shape index (κ3) is 1.55. The first-order valence-corrected chi connectivity index (χ1v) is 5.87. The van der Waals surface area contributed by atoms with Crippen molar-refractivity contribution >= 4 is 11.8 Å². The molecule has 1 N–H and O–H groups in total. The zero-order chi connectivity index (χ0) is 11.0. The Kier molecular flexibility index (Phi) is 2.28. The van der Waals surface area contributed by atoms with E-state index in [1.54, 1.807) is 34.9 Å². The maximum Gasteiger partial charge on any atom is 0.209 e. The van der Waals surface area contributed by atoms with Gasteiger partial charge in [-0.1, -0.05) is 30.0 Å². The second kappa shape index (κ2) is 3.79. The minimum Gasteiger partial charge on any atom is -0.314 e. The van der Waals surface area contributed by atoms with Crippen molar-refractivity contribution in [3.63, 3.8) is 0 Å². The molecule has 0 amide bonds. The molecule has 0 aliphatic carbocycles. The van der Waals surface area contributed by atoms with Gasteiger partial charge in [0, 0.05) is 11.3 Å². The van der Waals surface area contributed by atoms with Gasteiger partial charge in [-0.3, -0.25) is 0 Å². The highest BCUT2D eigenvalue weighted by Gasteiger charge is 2.22. The molecule has 1 aromatic heterocycles. The molecule has 1 aromatic carbocycles. The van der Waals surface area contributed by atoms with Crippen molar-refractivity contribution in [2.24, 2.45) is 0 Å². The van der Waals surface area contributed by atoms with Crippen molar-refractivity contribution in [1.29, 1.82) is 0 Å². The third-order valence-electron chi connectivity index (χ3n) is 2.47. The van der Waals surface area contributed by atoms with Gasteiger partial charge < -0.3 is 5.43 Å². The molecule has 0 spiro atoms. The van der Waals surface area contributed by atoms with Gasteiger partial charge in [-0.05, 0) is 6.07 Å². The summed E-state index contributed by atoms with van der Waals surface area (Å²) in [6.07, 6.45) is 1.59. The van der Waals surface area contributed by atoms with Crippen LogP contribution in [0.5, 0.6) is 0 Å². The summed E-state index contributed by atoms with van der Waals surface area (Å²) in [6, 6.07) is 6.76. The molecule has 3 rings (SSSR count). The van der Waals surface area contributed by atoms with Crippen LogP contribution in [-0.4, -0.2) is 20.6 Å². The maximum atomic E-state index is 13.6. The Morgan fingerprint density at radius 3 is 3.19 bits per heavy atom. The molecule has 82 valence electrons. The van der Waals surface area contributed by atoms with Gasteiger partial charge in [0.1, 0.15) is 12.1 Å². The van der Waals surface area contributed by atoms with E-state index in [2.05, 4.69) is 15.6 Å². The van der Waals surface area contributed by atoms with Crippen LogP contribution in [0.3, 0.4) is 0 Å². The lowest BCUT2D eigenvalue weighted by Crippen LogP contribution is -2.27. The molecule has 6 heteroatoms. The monoisotopic (exact) mass is 236 g/mol. The van der Waals surface area contributed by atoms with Gasteiger partial charge in [0.15, 0.2) is 0 Å². The van der Waals surface area contributed by atoms with Crippen LogP contribution in [0.1, 0.15) is 11.6 Å². The largest absolute Gasteiger partial charge is 0.314 e. The SMILES string of the molecule is Fc1ccccc1C1CSc2nncn2N1. The molecule has 0 bridgehead atoms. The lowest BCUT2D eigenvalue weighted by Gasteiger charge is -2.25. The predicted octanol–water partition coefficient (Wildman–Crippen LogP) is 1.81. The first-order valence-electron chi connectivity index (χ1n) is 4.88. The molecule has 0 radical (unpaired) electrons. The number of fused-ring (bicyclic) bond motifs is 1. The normalized spacial score (nSPS) is 18.9. The molecule has 0 saturated heterocycles. The molecule has 1 aliphatic heterocycles. The topological polar surface area (TPSA) is 42.7 Å². The van der Waals surface area contributed by atoms with Gasteiger partial charge in [-0.15, -0.1) is 10.2 Å². The van der Waals surface area contributed by atoms with Crippen molar-refractivity contribution in [3.8, 4) is 0 Å². The molecule has 1 aliphatic rings. The van der Waals surface area contributed by atoms with E-state index >= 15 is 0 Å². The van der Waals surface area contributed by atoms with Gasteiger partial charge in [0.25, 0.3) is 0 Å². The molecular weight excluding hydrogens is 227 g/mol. The first-order chi connectivity index (χ1) is 7.84. The molecule has 4 nitrogen and oxygen atoms in total. The molecule has 2 aromatic rings. The molecule has 0 saturated carbocycles. The molecule has 0 fully saturated rings. The van der Waals surface area contributed by atoms with Crippen LogP contribution in [0.4, 0.5) is 4.39 Å². The molecule has 1 unspecified atom stereocenters. The Morgan fingerprint density at radius 1 is 1.44 bits per heavy atom. The van der Waals surface area contributed by atoms with Crippen LogP contribution in [-0.2, 0) is 0 Å². The van der Waals surface area contributed by atoms with Crippen LogP contribution >= 0.6 is 11.8 Å². The van der Waals surface area contributed by atoms with Crippen molar-refractivity contribution in [2.75, 3.05) is 11.2 Å². The van der Waals surface area contributed by atoms with Gasteiger partial charge in [-0.25, -0.2) is 9.07 Å². The summed E-state index contributed by atoms with van der Waals surface area (Å²) >= 11 is 1.57. The van der Waals surface area contributed by atoms with Crippen molar-refractivity contribution in [3.05, 3.63) is 42.0 Å². The third-order valence-corrected chi connectivity index (χ3v) is 3.51. The van der Waals surface area contributed by atoms with Crippen molar-refractivity contribution < 1.29 is 4.39 Å². The highest BCUT2D eigenvalue weighted by Crippen LogP contribution is 2.29. The van der Waals surface area contributed by atoms with Gasteiger partial charge >= 0.3 is 0 Å². The van der Waals surface area contributed by atoms with Crippen LogP contribution in [0.25, 0.3) is 0 Å². The highest BCUT2D eigenvalue weighted by atomic mass is 32.2. The Bertz CT molecular complexity index is 513. The number of hydrogen-bond acceptors (Lipinski definition) is 4. The summed E-state index contributed by atoms with van der Waals surface area (Å²) in [6.45, 7) is 0. The van der Waals surface area contributed by atoms with Gasteiger partial charge in [0.05, 0.1) is 6.04 Å². The average molecular weight is 236 g/mol. The number of hydrogen-bond donors (Lipinski definition) is 1. The van der Waals surface area contributed by atoms with E-state index in [0.29, 0.717) is 5.56 Å². The van der Waals surface area contributed by atoms with Crippen LogP contribution in [0.2, 0.25) is 0 Å². The lowest BCUT2D eigenvalue weighted by molar-refractivity contribution is 0.578. The summed E-state index contributed by atoms with van der Waals surface area (Å²) in [5.74, 6) is 0.566. The van der Waals surface area contributed by atoms with Gasteiger partial charge in [0.2, 0.25) is 5.16 Å². The Morgan fingerprint density at radius 2 is 2.31 bits per heavy atom. The lowest BCUT2D eigenvalue weighted by atomic mass is 10.1. The summed E-state index contributed by atoms with van der Waals surface area (Å²) in [5.41, 5.74) is 3.84. The smallest absolute Gasteiger partial charge is 0.209 e. The number of rotatable bonds is 1. The van der Waals surface area contributed by atoms with Crippen LogP contribution in [0, 0.1) is 5.82 Å². The van der Waals surface area contributed by atoms with E-state index in [9.17, 15) is 4.39 Å². The summed E-state index contributed by atoms with van der Waals surface area (Å²) in [5, 5.41) is 8.53.